The Balaban J connectivity index is 1.88. The summed E-state index contributed by atoms with van der Waals surface area (Å²) < 4.78 is 0.943. The van der Waals surface area contributed by atoms with Crippen molar-refractivity contribution in [3.63, 3.8) is 0 Å². The molecule has 2 amide bonds. The van der Waals surface area contributed by atoms with E-state index in [1.165, 1.54) is 6.08 Å². The Kier molecular flexibility index (Phi) is 6.53. The normalized spacial score (nSPS) is 10.7. The van der Waals surface area contributed by atoms with Crippen LogP contribution in [0.15, 0.2) is 46.9 Å². The number of carbonyl (C=O) groups excluding carboxylic acids is 2. The van der Waals surface area contributed by atoms with E-state index >= 15 is 0 Å². The molecule has 0 unspecified atom stereocenters. The zero-order chi connectivity index (χ0) is 18.4. The number of anilines is 1. The van der Waals surface area contributed by atoms with Crippen molar-refractivity contribution in [3.05, 3.63) is 69.2 Å². The summed E-state index contributed by atoms with van der Waals surface area (Å²) in [5, 5.41) is 5.45. The average molecular weight is 401 g/mol. The van der Waals surface area contributed by atoms with Gasteiger partial charge >= 0.3 is 0 Å². The fourth-order valence-corrected chi connectivity index (χ4v) is 2.99. The van der Waals surface area contributed by atoms with Gasteiger partial charge in [-0.1, -0.05) is 45.8 Å². The van der Waals surface area contributed by atoms with E-state index in [0.29, 0.717) is 0 Å². The van der Waals surface area contributed by atoms with Gasteiger partial charge in [0, 0.05) is 16.2 Å². The first-order chi connectivity index (χ1) is 11.8. The van der Waals surface area contributed by atoms with E-state index in [-0.39, 0.29) is 18.4 Å². The van der Waals surface area contributed by atoms with E-state index in [4.69, 9.17) is 0 Å². The van der Waals surface area contributed by atoms with Crippen molar-refractivity contribution in [2.24, 2.45) is 0 Å². The molecule has 0 radical (unpaired) electrons. The SMILES string of the molecule is Cc1cc(C)c(NC(=O)CNC(=O)/C=C/c2cccc(Br)c2)c(C)c1. The molecular weight excluding hydrogens is 380 g/mol. The van der Waals surface area contributed by atoms with Gasteiger partial charge in [-0.3, -0.25) is 9.59 Å². The second-order valence-corrected chi connectivity index (χ2v) is 6.84. The lowest BCUT2D eigenvalue weighted by Crippen LogP contribution is -2.32. The van der Waals surface area contributed by atoms with Gasteiger partial charge in [-0.25, -0.2) is 0 Å². The summed E-state index contributed by atoms with van der Waals surface area (Å²) in [4.78, 5) is 23.9. The van der Waals surface area contributed by atoms with E-state index in [9.17, 15) is 9.59 Å². The van der Waals surface area contributed by atoms with Crippen LogP contribution in [0.2, 0.25) is 0 Å². The monoisotopic (exact) mass is 400 g/mol. The number of nitrogens with one attached hydrogen (secondary N) is 2. The predicted octanol–water partition coefficient (Wildman–Crippen LogP) is 4.14. The molecule has 0 heterocycles. The van der Waals surface area contributed by atoms with Crippen LogP contribution in [0.5, 0.6) is 0 Å². The van der Waals surface area contributed by atoms with Gasteiger partial charge in [0.25, 0.3) is 0 Å². The van der Waals surface area contributed by atoms with Crippen molar-refractivity contribution in [2.75, 3.05) is 11.9 Å². The van der Waals surface area contributed by atoms with Crippen LogP contribution in [-0.2, 0) is 9.59 Å². The fraction of sp³-hybridized carbons (Fsp3) is 0.200. The first-order valence-electron chi connectivity index (χ1n) is 7.94. The molecule has 2 aromatic rings. The fourth-order valence-electron chi connectivity index (χ4n) is 2.57. The second-order valence-electron chi connectivity index (χ2n) is 5.93. The molecule has 0 aliphatic rings. The molecule has 0 fully saturated rings. The number of rotatable bonds is 5. The minimum atomic E-state index is -0.313. The summed E-state index contributed by atoms with van der Waals surface area (Å²) in [6, 6.07) is 11.6. The Morgan fingerprint density at radius 1 is 1.08 bits per heavy atom. The number of aryl methyl sites for hydroxylation is 3. The Morgan fingerprint density at radius 3 is 2.40 bits per heavy atom. The van der Waals surface area contributed by atoms with Crippen molar-refractivity contribution in [1.29, 1.82) is 0 Å². The van der Waals surface area contributed by atoms with Crippen molar-refractivity contribution >= 4 is 39.5 Å². The topological polar surface area (TPSA) is 58.2 Å². The van der Waals surface area contributed by atoms with Gasteiger partial charge in [-0.05, 0) is 55.7 Å². The summed E-state index contributed by atoms with van der Waals surface area (Å²) in [6.07, 6.45) is 3.11. The predicted molar refractivity (Wildman–Crippen MR) is 105 cm³/mol. The molecule has 0 bridgehead atoms. The molecular formula is C20H21BrN2O2. The molecule has 0 aromatic heterocycles. The van der Waals surface area contributed by atoms with Crippen molar-refractivity contribution < 1.29 is 9.59 Å². The zero-order valence-electron chi connectivity index (χ0n) is 14.5. The van der Waals surface area contributed by atoms with Gasteiger partial charge in [0.05, 0.1) is 6.54 Å². The van der Waals surface area contributed by atoms with Crippen LogP contribution in [0.3, 0.4) is 0 Å². The van der Waals surface area contributed by atoms with Crippen molar-refractivity contribution in [1.82, 2.24) is 5.32 Å². The molecule has 2 N–H and O–H groups in total. The number of benzene rings is 2. The zero-order valence-corrected chi connectivity index (χ0v) is 16.1. The van der Waals surface area contributed by atoms with Gasteiger partial charge in [0.15, 0.2) is 0 Å². The Hall–Kier alpha value is -2.40. The number of halogens is 1. The summed E-state index contributed by atoms with van der Waals surface area (Å²) in [5.74, 6) is -0.563. The van der Waals surface area contributed by atoms with Crippen LogP contribution < -0.4 is 10.6 Å². The number of amides is 2. The van der Waals surface area contributed by atoms with Crippen LogP contribution >= 0.6 is 15.9 Å². The maximum atomic E-state index is 12.1. The molecule has 5 heteroatoms. The summed E-state index contributed by atoms with van der Waals surface area (Å²) in [6.45, 7) is 5.85. The second kappa shape index (κ2) is 8.62. The third-order valence-corrected chi connectivity index (χ3v) is 4.13. The van der Waals surface area contributed by atoms with Crippen molar-refractivity contribution in [3.8, 4) is 0 Å². The van der Waals surface area contributed by atoms with E-state index in [2.05, 4.69) is 26.6 Å². The lowest BCUT2D eigenvalue weighted by Gasteiger charge is -2.13. The van der Waals surface area contributed by atoms with E-state index in [0.717, 1.165) is 32.4 Å². The van der Waals surface area contributed by atoms with E-state index < -0.39 is 0 Å². The van der Waals surface area contributed by atoms with E-state index in [1.54, 1.807) is 6.08 Å². The highest BCUT2D eigenvalue weighted by Gasteiger charge is 2.09. The molecule has 0 atom stereocenters. The van der Waals surface area contributed by atoms with Crippen molar-refractivity contribution in [2.45, 2.75) is 20.8 Å². The average Bonchev–Trinajstić information content (AvgIpc) is 2.54. The summed E-state index contributed by atoms with van der Waals surface area (Å²) >= 11 is 3.38. The highest BCUT2D eigenvalue weighted by atomic mass is 79.9. The van der Waals surface area contributed by atoms with Gasteiger partial charge in [0.2, 0.25) is 11.8 Å². The maximum absolute atomic E-state index is 12.1. The van der Waals surface area contributed by atoms with Gasteiger partial charge in [-0.2, -0.15) is 0 Å². The quantitative estimate of drug-likeness (QED) is 0.740. The molecule has 0 saturated heterocycles. The van der Waals surface area contributed by atoms with Crippen LogP contribution in [0.4, 0.5) is 5.69 Å². The highest BCUT2D eigenvalue weighted by Crippen LogP contribution is 2.21. The molecule has 25 heavy (non-hydrogen) atoms. The Morgan fingerprint density at radius 2 is 1.76 bits per heavy atom. The van der Waals surface area contributed by atoms with Gasteiger partial charge in [-0.15, -0.1) is 0 Å². The Bertz CT molecular complexity index is 805. The van der Waals surface area contributed by atoms with Gasteiger partial charge < -0.3 is 10.6 Å². The molecule has 0 aliphatic heterocycles. The first kappa shape index (κ1) is 18.9. The van der Waals surface area contributed by atoms with Crippen LogP contribution in [-0.4, -0.2) is 18.4 Å². The minimum Gasteiger partial charge on any atom is -0.343 e. The molecule has 4 nitrogen and oxygen atoms in total. The standard InChI is InChI=1S/C20H21BrN2O2/c1-13-9-14(2)20(15(3)10-13)23-19(25)12-22-18(24)8-7-16-5-4-6-17(21)11-16/h4-11H,12H2,1-3H3,(H,22,24)(H,23,25)/b8-7+. The summed E-state index contributed by atoms with van der Waals surface area (Å²) in [7, 11) is 0. The summed E-state index contributed by atoms with van der Waals surface area (Å²) in [5.41, 5.74) is 4.87. The first-order valence-corrected chi connectivity index (χ1v) is 8.73. The molecule has 2 rings (SSSR count). The third-order valence-electron chi connectivity index (χ3n) is 3.64. The number of carbonyl (C=O) groups is 2. The number of hydrogen-bond donors (Lipinski definition) is 2. The smallest absolute Gasteiger partial charge is 0.244 e. The lowest BCUT2D eigenvalue weighted by molar-refractivity contribution is -0.121. The molecule has 130 valence electrons. The van der Waals surface area contributed by atoms with E-state index in [1.807, 2.05) is 57.2 Å². The largest absolute Gasteiger partial charge is 0.343 e. The van der Waals surface area contributed by atoms with Crippen LogP contribution in [0.1, 0.15) is 22.3 Å². The van der Waals surface area contributed by atoms with Crippen LogP contribution in [0.25, 0.3) is 6.08 Å². The van der Waals surface area contributed by atoms with Crippen LogP contribution in [0, 0.1) is 20.8 Å². The maximum Gasteiger partial charge on any atom is 0.244 e. The molecule has 2 aromatic carbocycles. The number of hydrogen-bond acceptors (Lipinski definition) is 2. The lowest BCUT2D eigenvalue weighted by atomic mass is 10.1. The Labute approximate surface area is 156 Å². The molecule has 0 saturated carbocycles. The molecule has 0 aliphatic carbocycles. The third kappa shape index (κ3) is 5.87. The molecule has 0 spiro atoms. The highest BCUT2D eigenvalue weighted by molar-refractivity contribution is 9.10. The minimum absolute atomic E-state index is 0.0750. The van der Waals surface area contributed by atoms with Gasteiger partial charge in [0.1, 0.15) is 0 Å².